The summed E-state index contributed by atoms with van der Waals surface area (Å²) in [5.41, 5.74) is 4.34. The predicted octanol–water partition coefficient (Wildman–Crippen LogP) is 3.08. The quantitative estimate of drug-likeness (QED) is 0.678. The van der Waals surface area contributed by atoms with E-state index in [1.807, 2.05) is 55.5 Å². The summed E-state index contributed by atoms with van der Waals surface area (Å²) in [5, 5.41) is 15.1. The summed E-state index contributed by atoms with van der Waals surface area (Å²) in [5.74, 6) is -0.0477. The van der Waals surface area contributed by atoms with E-state index >= 15 is 0 Å². The molecule has 0 bridgehead atoms. The molecule has 2 aromatic carbocycles. The number of hydrogen-bond acceptors (Lipinski definition) is 5. The Balaban J connectivity index is 1.66. The third-order valence-electron chi connectivity index (χ3n) is 4.14. The number of amides is 1. The molecule has 1 atom stereocenters. The van der Waals surface area contributed by atoms with Crippen molar-refractivity contribution < 1.29 is 4.79 Å². The number of carbonyl (C=O) groups excluding carboxylic acids is 1. The van der Waals surface area contributed by atoms with Crippen molar-refractivity contribution in [3.8, 4) is 5.69 Å². The monoisotopic (exact) mass is 367 g/mol. The van der Waals surface area contributed by atoms with Gasteiger partial charge in [0.1, 0.15) is 0 Å². The molecule has 1 aromatic heterocycles. The van der Waals surface area contributed by atoms with Gasteiger partial charge in [-0.05, 0) is 60.0 Å². The molecule has 1 unspecified atom stereocenters. The standard InChI is InChI=1S/C19H21N5OS/c1-13-9-10-17(11-14(13)2)24-19(21-22-23-24)26-15(3)18(25)20-12-16-7-5-4-6-8-16/h4-11,15H,12H2,1-3H3,(H,20,25). The predicted molar refractivity (Wildman–Crippen MR) is 102 cm³/mol. The van der Waals surface area contributed by atoms with Gasteiger partial charge in [-0.15, -0.1) is 5.10 Å². The number of aryl methyl sites for hydroxylation is 2. The fraction of sp³-hybridized carbons (Fsp3) is 0.263. The Morgan fingerprint density at radius 1 is 1.15 bits per heavy atom. The molecule has 0 radical (unpaired) electrons. The van der Waals surface area contributed by atoms with E-state index in [1.165, 1.54) is 22.9 Å². The van der Waals surface area contributed by atoms with Crippen molar-refractivity contribution >= 4 is 17.7 Å². The minimum atomic E-state index is -0.310. The van der Waals surface area contributed by atoms with E-state index in [0.29, 0.717) is 11.7 Å². The van der Waals surface area contributed by atoms with Crippen molar-refractivity contribution in [2.24, 2.45) is 0 Å². The number of hydrogen-bond donors (Lipinski definition) is 1. The first kappa shape index (κ1) is 18.1. The summed E-state index contributed by atoms with van der Waals surface area (Å²) in [7, 11) is 0. The molecule has 0 spiro atoms. The third-order valence-corrected chi connectivity index (χ3v) is 5.17. The highest BCUT2D eigenvalue weighted by Crippen LogP contribution is 2.24. The molecular formula is C19H21N5OS. The van der Waals surface area contributed by atoms with Gasteiger partial charge in [0.15, 0.2) is 0 Å². The molecule has 0 fully saturated rings. The van der Waals surface area contributed by atoms with E-state index in [1.54, 1.807) is 4.68 Å². The molecule has 26 heavy (non-hydrogen) atoms. The highest BCUT2D eigenvalue weighted by molar-refractivity contribution is 8.00. The maximum atomic E-state index is 12.4. The topological polar surface area (TPSA) is 72.7 Å². The van der Waals surface area contributed by atoms with Crippen LogP contribution in [0, 0.1) is 13.8 Å². The molecule has 3 rings (SSSR count). The van der Waals surface area contributed by atoms with E-state index in [2.05, 4.69) is 34.7 Å². The molecule has 134 valence electrons. The van der Waals surface area contributed by atoms with Crippen LogP contribution in [0.2, 0.25) is 0 Å². The minimum absolute atomic E-state index is 0.0477. The molecule has 0 aliphatic rings. The Bertz CT molecular complexity index is 894. The molecule has 0 saturated carbocycles. The van der Waals surface area contributed by atoms with Gasteiger partial charge in [0, 0.05) is 6.54 Å². The largest absolute Gasteiger partial charge is 0.351 e. The molecule has 7 heteroatoms. The summed E-state index contributed by atoms with van der Waals surface area (Å²) in [6.45, 7) is 6.47. The first-order valence-corrected chi connectivity index (χ1v) is 9.27. The Hall–Kier alpha value is -2.67. The van der Waals surface area contributed by atoms with Gasteiger partial charge in [-0.1, -0.05) is 48.2 Å². The van der Waals surface area contributed by atoms with E-state index in [0.717, 1.165) is 11.3 Å². The van der Waals surface area contributed by atoms with Gasteiger partial charge in [0.05, 0.1) is 10.9 Å². The average molecular weight is 367 g/mol. The average Bonchev–Trinajstić information content (AvgIpc) is 3.11. The summed E-state index contributed by atoms with van der Waals surface area (Å²) >= 11 is 1.34. The molecule has 0 saturated heterocycles. The van der Waals surface area contributed by atoms with Crippen LogP contribution < -0.4 is 5.32 Å². The van der Waals surface area contributed by atoms with Crippen molar-refractivity contribution in [3.63, 3.8) is 0 Å². The molecule has 1 heterocycles. The van der Waals surface area contributed by atoms with Gasteiger partial charge in [-0.3, -0.25) is 4.79 Å². The fourth-order valence-corrected chi connectivity index (χ4v) is 3.24. The Morgan fingerprint density at radius 2 is 1.92 bits per heavy atom. The first-order chi connectivity index (χ1) is 12.5. The van der Waals surface area contributed by atoms with E-state index in [-0.39, 0.29) is 11.2 Å². The third kappa shape index (κ3) is 4.29. The lowest BCUT2D eigenvalue weighted by molar-refractivity contribution is -0.120. The van der Waals surface area contributed by atoms with Gasteiger partial charge in [-0.2, -0.15) is 4.68 Å². The zero-order valence-corrected chi connectivity index (χ0v) is 15.8. The SMILES string of the molecule is Cc1ccc(-n2nnnc2SC(C)C(=O)NCc2ccccc2)cc1C. The summed E-state index contributed by atoms with van der Waals surface area (Å²) in [4.78, 5) is 12.4. The fourth-order valence-electron chi connectivity index (χ4n) is 2.41. The second kappa shape index (κ2) is 8.14. The summed E-state index contributed by atoms with van der Waals surface area (Å²) in [6.07, 6.45) is 0. The summed E-state index contributed by atoms with van der Waals surface area (Å²) in [6, 6.07) is 15.9. The maximum absolute atomic E-state index is 12.4. The second-order valence-electron chi connectivity index (χ2n) is 6.11. The number of nitrogens with one attached hydrogen (secondary N) is 1. The normalized spacial score (nSPS) is 12.0. The minimum Gasteiger partial charge on any atom is -0.351 e. The smallest absolute Gasteiger partial charge is 0.233 e. The zero-order valence-electron chi connectivity index (χ0n) is 15.0. The molecule has 3 aromatic rings. The number of nitrogens with zero attached hydrogens (tertiary/aromatic N) is 4. The first-order valence-electron chi connectivity index (χ1n) is 8.39. The van der Waals surface area contributed by atoms with Gasteiger partial charge in [-0.25, -0.2) is 0 Å². The van der Waals surface area contributed by atoms with Crippen molar-refractivity contribution in [2.45, 2.75) is 37.7 Å². The van der Waals surface area contributed by atoms with Gasteiger partial charge >= 0.3 is 0 Å². The molecule has 1 N–H and O–H groups in total. The van der Waals surface area contributed by atoms with Crippen LogP contribution in [0.5, 0.6) is 0 Å². The van der Waals surface area contributed by atoms with Gasteiger partial charge < -0.3 is 5.32 Å². The zero-order chi connectivity index (χ0) is 18.5. The van der Waals surface area contributed by atoms with Gasteiger partial charge in [0.2, 0.25) is 11.1 Å². The Kier molecular flexibility index (Phi) is 5.68. The van der Waals surface area contributed by atoms with Crippen LogP contribution in [0.25, 0.3) is 5.69 Å². The number of aromatic nitrogens is 4. The maximum Gasteiger partial charge on any atom is 0.233 e. The number of benzene rings is 2. The second-order valence-corrected chi connectivity index (χ2v) is 7.41. The molecule has 1 amide bonds. The molecule has 0 aliphatic heterocycles. The van der Waals surface area contributed by atoms with E-state index in [9.17, 15) is 4.79 Å². The molecule has 0 aliphatic carbocycles. The Morgan fingerprint density at radius 3 is 2.65 bits per heavy atom. The Labute approximate surface area is 157 Å². The van der Waals surface area contributed by atoms with Crippen LogP contribution in [0.3, 0.4) is 0 Å². The van der Waals surface area contributed by atoms with Crippen molar-refractivity contribution in [3.05, 3.63) is 65.2 Å². The van der Waals surface area contributed by atoms with Crippen LogP contribution in [0.1, 0.15) is 23.6 Å². The number of thioether (sulfide) groups is 1. The lowest BCUT2D eigenvalue weighted by Crippen LogP contribution is -2.30. The van der Waals surface area contributed by atoms with Crippen LogP contribution >= 0.6 is 11.8 Å². The van der Waals surface area contributed by atoms with Crippen LogP contribution in [-0.2, 0) is 11.3 Å². The lowest BCUT2D eigenvalue weighted by Gasteiger charge is -2.12. The molecule has 6 nitrogen and oxygen atoms in total. The van der Waals surface area contributed by atoms with E-state index in [4.69, 9.17) is 0 Å². The molecular weight excluding hydrogens is 346 g/mol. The van der Waals surface area contributed by atoms with Crippen molar-refractivity contribution in [2.75, 3.05) is 0 Å². The number of rotatable bonds is 6. The van der Waals surface area contributed by atoms with Crippen LogP contribution in [0.15, 0.2) is 53.7 Å². The van der Waals surface area contributed by atoms with Crippen LogP contribution in [0.4, 0.5) is 0 Å². The van der Waals surface area contributed by atoms with E-state index < -0.39 is 0 Å². The van der Waals surface area contributed by atoms with Crippen molar-refractivity contribution in [1.29, 1.82) is 0 Å². The van der Waals surface area contributed by atoms with Crippen molar-refractivity contribution in [1.82, 2.24) is 25.5 Å². The summed E-state index contributed by atoms with van der Waals surface area (Å²) < 4.78 is 1.66. The lowest BCUT2D eigenvalue weighted by atomic mass is 10.1. The highest BCUT2D eigenvalue weighted by Gasteiger charge is 2.19. The van der Waals surface area contributed by atoms with Crippen LogP contribution in [-0.4, -0.2) is 31.4 Å². The van der Waals surface area contributed by atoms with Gasteiger partial charge in [0.25, 0.3) is 0 Å². The number of carbonyl (C=O) groups is 1. The highest BCUT2D eigenvalue weighted by atomic mass is 32.2. The number of tetrazole rings is 1.